The Morgan fingerprint density at radius 2 is 1.92 bits per heavy atom. The highest BCUT2D eigenvalue weighted by Crippen LogP contribution is 2.60. The zero-order valence-electron chi connectivity index (χ0n) is 20.9. The van der Waals surface area contributed by atoms with Crippen molar-refractivity contribution in [2.75, 3.05) is 23.8 Å². The fraction of sp³-hybridized carbons (Fsp3) is 0.444. The number of anilines is 2. The molecule has 3 unspecified atom stereocenters. The van der Waals surface area contributed by atoms with Gasteiger partial charge in [0.05, 0.1) is 47.9 Å². The Labute approximate surface area is 233 Å². The zero-order valence-corrected chi connectivity index (χ0v) is 23.2. The van der Waals surface area contributed by atoms with Crippen molar-refractivity contribution in [3.8, 4) is 5.75 Å². The fourth-order valence-corrected chi connectivity index (χ4v) is 7.15. The largest absolute Gasteiger partial charge is 0.494 e. The maximum absolute atomic E-state index is 13.9. The summed E-state index contributed by atoms with van der Waals surface area (Å²) in [5.74, 6) is -2.28. The molecule has 3 aliphatic heterocycles. The second kappa shape index (κ2) is 10.5. The van der Waals surface area contributed by atoms with E-state index in [9.17, 15) is 19.5 Å². The van der Waals surface area contributed by atoms with E-state index in [0.29, 0.717) is 35.2 Å². The Morgan fingerprint density at radius 1 is 1.21 bits per heavy atom. The number of hydrogen-bond donors (Lipinski definition) is 3. The van der Waals surface area contributed by atoms with Crippen LogP contribution < -0.4 is 15.4 Å². The van der Waals surface area contributed by atoms with Gasteiger partial charge in [0.15, 0.2) is 0 Å². The lowest BCUT2D eigenvalue weighted by molar-refractivity contribution is -0.142. The van der Waals surface area contributed by atoms with E-state index in [-0.39, 0.29) is 23.2 Å². The van der Waals surface area contributed by atoms with Gasteiger partial charge in [0.1, 0.15) is 17.4 Å². The lowest BCUT2D eigenvalue weighted by Crippen LogP contribution is -2.56. The molecule has 3 fully saturated rings. The number of benzene rings is 2. The molecule has 202 valence electrons. The van der Waals surface area contributed by atoms with E-state index in [4.69, 9.17) is 21.1 Å². The predicted molar refractivity (Wildman–Crippen MR) is 145 cm³/mol. The standard InChI is InChI=1S/C27H29BrClN3O6/c1-3-37-16-10-8-15(9-11-16)30-24(34)20-21-26(36)32(14(2)13-33)23(27(21)12-17(28)22(20)38-27)25(35)31-19-7-5-4-6-18(19)29/h4-11,14,17,20-23,33H,3,12-13H2,1-2H3,(H,30,34)(H,31,35)/t14-,17?,20+,21+,22+,23?,27?/m1/s1. The van der Waals surface area contributed by atoms with Crippen LogP contribution in [-0.2, 0) is 19.1 Å². The molecule has 3 N–H and O–H groups in total. The number of ether oxygens (including phenoxy) is 2. The third-order valence-electron chi connectivity index (χ3n) is 7.58. The number of fused-ring (bicyclic) bond motifs is 1. The van der Waals surface area contributed by atoms with Crippen molar-refractivity contribution in [1.82, 2.24) is 4.90 Å². The van der Waals surface area contributed by atoms with Crippen LogP contribution in [0, 0.1) is 11.8 Å². The van der Waals surface area contributed by atoms with Crippen LogP contribution in [0.15, 0.2) is 48.5 Å². The molecule has 0 saturated carbocycles. The summed E-state index contributed by atoms with van der Waals surface area (Å²) < 4.78 is 11.9. The number of amides is 3. The molecule has 0 radical (unpaired) electrons. The van der Waals surface area contributed by atoms with Gasteiger partial charge in [-0.1, -0.05) is 39.7 Å². The molecule has 5 rings (SSSR count). The van der Waals surface area contributed by atoms with E-state index in [1.54, 1.807) is 55.5 Å². The first-order valence-electron chi connectivity index (χ1n) is 12.6. The monoisotopic (exact) mass is 605 g/mol. The number of alkyl halides is 1. The summed E-state index contributed by atoms with van der Waals surface area (Å²) >= 11 is 9.92. The maximum Gasteiger partial charge on any atom is 0.250 e. The highest BCUT2D eigenvalue weighted by Gasteiger charge is 2.76. The molecule has 2 aromatic carbocycles. The van der Waals surface area contributed by atoms with Gasteiger partial charge in [-0.25, -0.2) is 0 Å². The number of likely N-dealkylation sites (tertiary alicyclic amines) is 1. The van der Waals surface area contributed by atoms with Crippen LogP contribution in [0.1, 0.15) is 20.3 Å². The van der Waals surface area contributed by atoms with Crippen molar-refractivity contribution < 1.29 is 29.0 Å². The highest BCUT2D eigenvalue weighted by molar-refractivity contribution is 9.09. The average Bonchev–Trinajstić information content (AvgIpc) is 3.49. The van der Waals surface area contributed by atoms with Gasteiger partial charge in [0, 0.05) is 10.5 Å². The molecule has 11 heteroatoms. The van der Waals surface area contributed by atoms with Crippen LogP contribution in [0.5, 0.6) is 5.75 Å². The Balaban J connectivity index is 1.47. The highest BCUT2D eigenvalue weighted by atomic mass is 79.9. The Kier molecular flexibility index (Phi) is 7.43. The van der Waals surface area contributed by atoms with Crippen LogP contribution >= 0.6 is 27.5 Å². The third-order valence-corrected chi connectivity index (χ3v) is 8.76. The van der Waals surface area contributed by atoms with Crippen molar-refractivity contribution in [3.05, 3.63) is 53.6 Å². The summed E-state index contributed by atoms with van der Waals surface area (Å²) in [5, 5.41) is 16.1. The number of nitrogens with one attached hydrogen (secondary N) is 2. The molecule has 2 aromatic rings. The van der Waals surface area contributed by atoms with Crippen molar-refractivity contribution in [3.63, 3.8) is 0 Å². The number of aliphatic hydroxyl groups excluding tert-OH is 1. The number of carbonyl (C=O) groups is 3. The van der Waals surface area contributed by atoms with Crippen LogP contribution in [0.2, 0.25) is 5.02 Å². The van der Waals surface area contributed by atoms with E-state index >= 15 is 0 Å². The lowest BCUT2D eigenvalue weighted by atomic mass is 9.70. The smallest absolute Gasteiger partial charge is 0.250 e. The minimum atomic E-state index is -1.24. The van der Waals surface area contributed by atoms with Gasteiger partial charge in [0.25, 0.3) is 0 Å². The van der Waals surface area contributed by atoms with Gasteiger partial charge in [-0.3, -0.25) is 14.4 Å². The summed E-state index contributed by atoms with van der Waals surface area (Å²) in [7, 11) is 0. The lowest BCUT2D eigenvalue weighted by Gasteiger charge is -2.35. The summed E-state index contributed by atoms with van der Waals surface area (Å²) in [6, 6.07) is 12.0. The summed E-state index contributed by atoms with van der Waals surface area (Å²) in [5.41, 5.74) is -0.290. The van der Waals surface area contributed by atoms with Crippen LogP contribution in [0.4, 0.5) is 11.4 Å². The number of aliphatic hydroxyl groups is 1. The molecule has 7 atom stereocenters. The molecule has 0 aliphatic carbocycles. The average molecular weight is 607 g/mol. The van der Waals surface area contributed by atoms with Crippen LogP contribution in [-0.4, -0.2) is 69.6 Å². The number of para-hydroxylation sites is 1. The molecule has 1 spiro atoms. The quantitative estimate of drug-likeness (QED) is 0.397. The number of nitrogens with zero attached hydrogens (tertiary/aromatic N) is 1. The van der Waals surface area contributed by atoms with Crippen molar-refractivity contribution in [2.24, 2.45) is 11.8 Å². The number of rotatable bonds is 8. The van der Waals surface area contributed by atoms with E-state index in [1.165, 1.54) is 4.90 Å². The SMILES string of the molecule is CCOc1ccc(NC(=O)[C@H]2[C@H]3C(=O)N([C@H](C)CO)C(C(=O)Nc4ccccc4Cl)C34CC(Br)[C@@H]2O4)cc1. The first-order valence-corrected chi connectivity index (χ1v) is 13.8. The first kappa shape index (κ1) is 26.9. The molecule has 2 bridgehead atoms. The van der Waals surface area contributed by atoms with Crippen LogP contribution in [0.3, 0.4) is 0 Å². The molecule has 3 saturated heterocycles. The first-order chi connectivity index (χ1) is 18.2. The molecule has 9 nitrogen and oxygen atoms in total. The van der Waals surface area contributed by atoms with Crippen molar-refractivity contribution >= 4 is 56.6 Å². The van der Waals surface area contributed by atoms with Gasteiger partial charge in [0.2, 0.25) is 17.7 Å². The molecular weight excluding hydrogens is 578 g/mol. The summed E-state index contributed by atoms with van der Waals surface area (Å²) in [6.07, 6.45) is -0.246. The maximum atomic E-state index is 13.9. The Bertz CT molecular complexity index is 1250. The zero-order chi connectivity index (χ0) is 27.2. The van der Waals surface area contributed by atoms with Gasteiger partial charge >= 0.3 is 0 Å². The van der Waals surface area contributed by atoms with Gasteiger partial charge < -0.3 is 30.1 Å². The molecule has 0 aromatic heterocycles. The van der Waals surface area contributed by atoms with E-state index in [0.717, 1.165) is 0 Å². The normalized spacial score (nSPS) is 30.2. The van der Waals surface area contributed by atoms with Gasteiger partial charge in [-0.2, -0.15) is 0 Å². The van der Waals surface area contributed by atoms with Crippen molar-refractivity contribution in [2.45, 2.75) is 48.9 Å². The van der Waals surface area contributed by atoms with E-state index in [1.807, 2.05) is 6.92 Å². The van der Waals surface area contributed by atoms with E-state index in [2.05, 4.69) is 26.6 Å². The molecule has 38 heavy (non-hydrogen) atoms. The van der Waals surface area contributed by atoms with Crippen molar-refractivity contribution in [1.29, 1.82) is 0 Å². The number of halogens is 2. The topological polar surface area (TPSA) is 117 Å². The summed E-state index contributed by atoms with van der Waals surface area (Å²) in [4.78, 5) is 42.4. The molecular formula is C27H29BrClN3O6. The molecule has 3 aliphatic rings. The minimum absolute atomic E-state index is 0.248. The van der Waals surface area contributed by atoms with Gasteiger partial charge in [-0.15, -0.1) is 0 Å². The number of hydrogen-bond acceptors (Lipinski definition) is 6. The summed E-state index contributed by atoms with van der Waals surface area (Å²) in [6.45, 7) is 3.73. The fourth-order valence-electron chi connectivity index (χ4n) is 6.02. The van der Waals surface area contributed by atoms with Crippen LogP contribution in [0.25, 0.3) is 0 Å². The minimum Gasteiger partial charge on any atom is -0.494 e. The number of carbonyl (C=O) groups excluding carboxylic acids is 3. The van der Waals surface area contributed by atoms with Gasteiger partial charge in [-0.05, 0) is 56.7 Å². The van der Waals surface area contributed by atoms with E-state index < -0.39 is 41.5 Å². The molecule has 3 amide bonds. The third kappa shape index (κ3) is 4.37. The Morgan fingerprint density at radius 3 is 2.58 bits per heavy atom. The second-order valence-electron chi connectivity index (χ2n) is 9.86. The molecule has 3 heterocycles. The Hall–Kier alpha value is -2.66. The predicted octanol–water partition coefficient (Wildman–Crippen LogP) is 3.44. The second-order valence-corrected chi connectivity index (χ2v) is 11.4.